The Labute approximate surface area is 70.2 Å². The Hall–Kier alpha value is -0.680. The van der Waals surface area contributed by atoms with E-state index in [-0.39, 0.29) is 0 Å². The lowest BCUT2D eigenvalue weighted by atomic mass is 10.4. The van der Waals surface area contributed by atoms with Crippen LogP contribution >= 0.6 is 0 Å². The third-order valence-corrected chi connectivity index (χ3v) is 1.72. The molecule has 12 heavy (non-hydrogen) atoms. The Bertz CT molecular complexity index is 159. The molecule has 0 saturated carbocycles. The van der Waals surface area contributed by atoms with Gasteiger partial charge in [-0.1, -0.05) is 0 Å². The van der Waals surface area contributed by atoms with Gasteiger partial charge in [0.1, 0.15) is 0 Å². The molecule has 0 aliphatic carbocycles. The van der Waals surface area contributed by atoms with E-state index in [0.717, 1.165) is 0 Å². The molecular formula is C7H12FNO3. The molecule has 1 heterocycles. The Morgan fingerprint density at radius 3 is 2.67 bits per heavy atom. The number of carbonyl (C=O) groups excluding carboxylic acids is 1. The number of carbonyl (C=O) groups is 1. The maximum atomic E-state index is 12.7. The predicted molar refractivity (Wildman–Crippen MR) is 39.3 cm³/mol. The SMILES string of the molecule is COC([18F])C(=O)N1CCOCC1. The Balaban J connectivity index is 2.39. The Morgan fingerprint density at radius 1 is 1.58 bits per heavy atom. The molecule has 1 aliphatic heterocycles. The van der Waals surface area contributed by atoms with Crippen LogP contribution in [-0.4, -0.2) is 50.6 Å². The van der Waals surface area contributed by atoms with Gasteiger partial charge in [0.25, 0.3) is 12.3 Å². The van der Waals surface area contributed by atoms with Crippen LogP contribution < -0.4 is 0 Å². The predicted octanol–water partition coefficient (Wildman–Crippen LogP) is -0.213. The zero-order valence-electron chi connectivity index (χ0n) is 6.96. The summed E-state index contributed by atoms with van der Waals surface area (Å²) in [5.74, 6) is -0.610. The van der Waals surface area contributed by atoms with Crippen LogP contribution in [0, 0.1) is 0 Å². The molecule has 0 radical (unpaired) electrons. The van der Waals surface area contributed by atoms with Crippen LogP contribution in [0.5, 0.6) is 0 Å². The quantitative estimate of drug-likeness (QED) is 0.584. The first-order valence-corrected chi connectivity index (χ1v) is 3.79. The number of alkyl halides is 1. The normalized spacial score (nSPS) is 20.7. The van der Waals surface area contributed by atoms with E-state index in [1.807, 2.05) is 0 Å². The summed E-state index contributed by atoms with van der Waals surface area (Å²) >= 11 is 0. The van der Waals surface area contributed by atoms with E-state index in [0.29, 0.717) is 26.3 Å². The smallest absolute Gasteiger partial charge is 0.284 e. The molecule has 1 atom stereocenters. The largest absolute Gasteiger partial charge is 0.378 e. The van der Waals surface area contributed by atoms with E-state index in [1.165, 1.54) is 12.0 Å². The van der Waals surface area contributed by atoms with Crippen molar-refractivity contribution in [3.63, 3.8) is 0 Å². The number of hydrogen-bond donors (Lipinski definition) is 0. The van der Waals surface area contributed by atoms with Crippen molar-refractivity contribution in [2.24, 2.45) is 0 Å². The molecule has 1 rings (SSSR count). The highest BCUT2D eigenvalue weighted by molar-refractivity contribution is 5.79. The Morgan fingerprint density at radius 2 is 2.17 bits per heavy atom. The average molecular weight is 176 g/mol. The molecule has 1 saturated heterocycles. The molecule has 5 heteroatoms. The van der Waals surface area contributed by atoms with Gasteiger partial charge in [-0.25, -0.2) is 4.39 Å². The van der Waals surface area contributed by atoms with E-state index < -0.39 is 12.3 Å². The number of halogens is 1. The van der Waals surface area contributed by atoms with Gasteiger partial charge in [-0.2, -0.15) is 0 Å². The number of amides is 1. The minimum absolute atomic E-state index is 0.447. The maximum Gasteiger partial charge on any atom is 0.284 e. The van der Waals surface area contributed by atoms with Gasteiger partial charge in [0.2, 0.25) is 0 Å². The second kappa shape index (κ2) is 4.37. The molecule has 4 nitrogen and oxygen atoms in total. The first kappa shape index (κ1) is 9.41. The monoisotopic (exact) mass is 176 g/mol. The highest BCUT2D eigenvalue weighted by atomic mass is 18.2. The number of hydrogen-bond acceptors (Lipinski definition) is 3. The minimum Gasteiger partial charge on any atom is -0.378 e. The summed E-state index contributed by atoms with van der Waals surface area (Å²) in [6.45, 7) is 1.84. The second-order valence-corrected chi connectivity index (χ2v) is 2.49. The van der Waals surface area contributed by atoms with E-state index in [2.05, 4.69) is 4.74 Å². The lowest BCUT2D eigenvalue weighted by Crippen LogP contribution is -2.44. The standard InChI is InChI=1S/C7H12FNO3/c1-11-6(8)7(10)9-2-4-12-5-3-9/h6H,2-5H2,1H3/i8-1. The fourth-order valence-electron chi connectivity index (χ4n) is 1.03. The minimum atomic E-state index is -1.83. The molecule has 1 aliphatic rings. The summed E-state index contributed by atoms with van der Waals surface area (Å²) in [4.78, 5) is 12.5. The van der Waals surface area contributed by atoms with Crippen molar-refractivity contribution >= 4 is 5.91 Å². The summed E-state index contributed by atoms with van der Waals surface area (Å²) < 4.78 is 21.9. The lowest BCUT2D eigenvalue weighted by Gasteiger charge is -2.27. The van der Waals surface area contributed by atoms with E-state index in [4.69, 9.17) is 4.74 Å². The maximum absolute atomic E-state index is 12.7. The number of ether oxygens (including phenoxy) is 2. The summed E-state index contributed by atoms with van der Waals surface area (Å²) in [7, 11) is 1.17. The van der Waals surface area contributed by atoms with Gasteiger partial charge in [-0.15, -0.1) is 0 Å². The van der Waals surface area contributed by atoms with Gasteiger partial charge in [-0.3, -0.25) is 4.79 Å². The molecule has 70 valence electrons. The van der Waals surface area contributed by atoms with E-state index >= 15 is 0 Å². The molecule has 1 amide bonds. The van der Waals surface area contributed by atoms with Crippen LogP contribution in [0.1, 0.15) is 0 Å². The average Bonchev–Trinajstić information content (AvgIpc) is 2.17. The first-order chi connectivity index (χ1) is 5.75. The summed E-state index contributed by atoms with van der Waals surface area (Å²) in [6.07, 6.45) is -1.83. The molecule has 0 bridgehead atoms. The van der Waals surface area contributed by atoms with Gasteiger partial charge in [0.05, 0.1) is 13.2 Å². The van der Waals surface area contributed by atoms with Gasteiger partial charge in [0.15, 0.2) is 0 Å². The zero-order valence-corrected chi connectivity index (χ0v) is 6.96. The summed E-state index contributed by atoms with van der Waals surface area (Å²) in [6, 6.07) is 0. The zero-order chi connectivity index (χ0) is 8.97. The topological polar surface area (TPSA) is 38.8 Å². The van der Waals surface area contributed by atoms with Crippen molar-refractivity contribution in [3.8, 4) is 0 Å². The third kappa shape index (κ3) is 2.15. The molecule has 0 aromatic rings. The van der Waals surface area contributed by atoms with Crippen molar-refractivity contribution in [2.75, 3.05) is 33.4 Å². The molecule has 0 aromatic heterocycles. The van der Waals surface area contributed by atoms with Crippen molar-refractivity contribution in [1.82, 2.24) is 4.90 Å². The highest BCUT2D eigenvalue weighted by Gasteiger charge is 2.24. The van der Waals surface area contributed by atoms with Gasteiger partial charge >= 0.3 is 0 Å². The molecule has 0 N–H and O–H groups in total. The second-order valence-electron chi connectivity index (χ2n) is 2.49. The van der Waals surface area contributed by atoms with Crippen molar-refractivity contribution in [2.45, 2.75) is 6.36 Å². The van der Waals surface area contributed by atoms with Crippen molar-refractivity contribution in [1.29, 1.82) is 0 Å². The third-order valence-electron chi connectivity index (χ3n) is 1.72. The van der Waals surface area contributed by atoms with Crippen LogP contribution in [0.2, 0.25) is 0 Å². The van der Waals surface area contributed by atoms with E-state index in [9.17, 15) is 9.18 Å². The molecule has 1 unspecified atom stereocenters. The highest BCUT2D eigenvalue weighted by Crippen LogP contribution is 2.03. The molecule has 0 spiro atoms. The summed E-state index contributed by atoms with van der Waals surface area (Å²) in [5.41, 5.74) is 0. The number of nitrogens with zero attached hydrogens (tertiary/aromatic N) is 1. The summed E-state index contributed by atoms with van der Waals surface area (Å²) in [5, 5.41) is 0. The van der Waals surface area contributed by atoms with Crippen LogP contribution in [0.15, 0.2) is 0 Å². The number of rotatable bonds is 2. The van der Waals surface area contributed by atoms with Crippen molar-refractivity contribution in [3.05, 3.63) is 0 Å². The Kier molecular flexibility index (Phi) is 3.43. The number of morpholine rings is 1. The van der Waals surface area contributed by atoms with E-state index in [1.54, 1.807) is 0 Å². The molecular weight excluding hydrogens is 164 g/mol. The van der Waals surface area contributed by atoms with Gasteiger partial charge < -0.3 is 14.4 Å². The van der Waals surface area contributed by atoms with Crippen LogP contribution in [0.3, 0.4) is 0 Å². The fourth-order valence-corrected chi connectivity index (χ4v) is 1.03. The first-order valence-electron chi connectivity index (χ1n) is 3.79. The van der Waals surface area contributed by atoms with Crippen LogP contribution in [0.4, 0.5) is 4.39 Å². The van der Waals surface area contributed by atoms with Crippen molar-refractivity contribution < 1.29 is 18.7 Å². The van der Waals surface area contributed by atoms with Crippen LogP contribution in [0.25, 0.3) is 0 Å². The van der Waals surface area contributed by atoms with Crippen LogP contribution in [-0.2, 0) is 14.3 Å². The van der Waals surface area contributed by atoms with Gasteiger partial charge in [-0.05, 0) is 0 Å². The molecule has 0 aromatic carbocycles. The number of methoxy groups -OCH3 is 1. The lowest BCUT2D eigenvalue weighted by molar-refractivity contribution is -0.156. The molecule has 1 fully saturated rings. The van der Waals surface area contributed by atoms with Gasteiger partial charge in [0, 0.05) is 20.2 Å². The fraction of sp³-hybridized carbons (Fsp3) is 0.857.